The highest BCUT2D eigenvalue weighted by Gasteiger charge is 2.20. The third kappa shape index (κ3) is 6.76. The Morgan fingerprint density at radius 2 is 2.05 bits per heavy atom. The predicted octanol–water partition coefficient (Wildman–Crippen LogP) is 2.45. The average molecular weight is 286 g/mol. The normalized spacial score (nSPS) is 20.8. The van der Waals surface area contributed by atoms with E-state index in [9.17, 15) is 4.79 Å². The second-order valence-corrected chi connectivity index (χ2v) is 6.67. The van der Waals surface area contributed by atoms with Crippen LogP contribution in [-0.2, 0) is 9.53 Å². The number of hydrogen-bond donors (Lipinski definition) is 1. The first-order chi connectivity index (χ1) is 8.78. The Kier molecular flexibility index (Phi) is 6.04. The lowest BCUT2D eigenvalue weighted by molar-refractivity contribution is -0.155. The maximum atomic E-state index is 11.7. The van der Waals surface area contributed by atoms with E-state index < -0.39 is 0 Å². The van der Waals surface area contributed by atoms with Crippen molar-refractivity contribution in [2.75, 3.05) is 13.1 Å². The van der Waals surface area contributed by atoms with Gasteiger partial charge in [0.05, 0.1) is 0 Å². The molecule has 0 aromatic heterocycles. The van der Waals surface area contributed by atoms with Crippen molar-refractivity contribution in [3.63, 3.8) is 0 Å². The molecule has 1 fully saturated rings. The molecule has 19 heavy (non-hydrogen) atoms. The first-order valence-electron chi connectivity index (χ1n) is 7.04. The number of carbonyl (C=O) groups excluding carboxylic acids is 1. The third-order valence-electron chi connectivity index (χ3n) is 3.34. The Morgan fingerprint density at radius 3 is 2.63 bits per heavy atom. The highest BCUT2D eigenvalue weighted by atomic mass is 32.1. The Morgan fingerprint density at radius 1 is 1.37 bits per heavy atom. The highest BCUT2D eigenvalue weighted by molar-refractivity contribution is 7.80. The van der Waals surface area contributed by atoms with Crippen molar-refractivity contribution in [1.82, 2.24) is 4.90 Å². The largest absolute Gasteiger partial charge is 0.460 e. The number of nitrogens with zero attached hydrogens (tertiary/aromatic N) is 1. The fraction of sp³-hybridized carbons (Fsp3) is 0.857. The van der Waals surface area contributed by atoms with Gasteiger partial charge in [0.1, 0.15) is 5.60 Å². The average Bonchev–Trinajstić information content (AvgIpc) is 2.49. The molecule has 5 heteroatoms. The molecule has 1 unspecified atom stereocenters. The second kappa shape index (κ2) is 7.08. The van der Waals surface area contributed by atoms with Gasteiger partial charge in [-0.1, -0.05) is 0 Å². The van der Waals surface area contributed by atoms with Crippen LogP contribution in [0, 0.1) is 5.92 Å². The number of esters is 1. The van der Waals surface area contributed by atoms with Gasteiger partial charge in [0.15, 0.2) is 5.11 Å². The van der Waals surface area contributed by atoms with Crippen LogP contribution in [0.1, 0.15) is 52.9 Å². The molecule has 1 aliphatic heterocycles. The summed E-state index contributed by atoms with van der Waals surface area (Å²) in [6, 6.07) is 0. The van der Waals surface area contributed by atoms with Crippen molar-refractivity contribution in [1.29, 1.82) is 0 Å². The van der Waals surface area contributed by atoms with Gasteiger partial charge in [0.2, 0.25) is 0 Å². The molecule has 0 aliphatic carbocycles. The number of hydrogen-bond acceptors (Lipinski definition) is 3. The zero-order valence-electron chi connectivity index (χ0n) is 12.3. The van der Waals surface area contributed by atoms with E-state index in [2.05, 4.69) is 4.90 Å². The summed E-state index contributed by atoms with van der Waals surface area (Å²) in [5, 5.41) is 0.493. The van der Waals surface area contributed by atoms with Gasteiger partial charge in [0, 0.05) is 19.5 Å². The molecule has 1 saturated heterocycles. The van der Waals surface area contributed by atoms with Crippen LogP contribution in [0.3, 0.4) is 0 Å². The van der Waals surface area contributed by atoms with Gasteiger partial charge < -0.3 is 15.4 Å². The lowest BCUT2D eigenvalue weighted by Gasteiger charge is -2.21. The SMILES string of the molecule is CC(C)(C)OC(=O)CCC1CCCN(C(N)=S)CC1. The molecular formula is C14H26N2O2S. The van der Waals surface area contributed by atoms with E-state index in [0.717, 1.165) is 38.8 Å². The molecular weight excluding hydrogens is 260 g/mol. The van der Waals surface area contributed by atoms with Gasteiger partial charge >= 0.3 is 5.97 Å². The second-order valence-electron chi connectivity index (χ2n) is 6.25. The summed E-state index contributed by atoms with van der Waals surface area (Å²) in [7, 11) is 0. The van der Waals surface area contributed by atoms with Gasteiger partial charge in [-0.2, -0.15) is 0 Å². The number of ether oxygens (including phenoxy) is 1. The summed E-state index contributed by atoms with van der Waals surface area (Å²) in [5.41, 5.74) is 5.27. The van der Waals surface area contributed by atoms with E-state index in [-0.39, 0.29) is 11.6 Å². The van der Waals surface area contributed by atoms with E-state index in [1.165, 1.54) is 0 Å². The predicted molar refractivity (Wildman–Crippen MR) is 80.8 cm³/mol. The number of rotatable bonds is 3. The molecule has 0 saturated carbocycles. The van der Waals surface area contributed by atoms with Crippen molar-refractivity contribution < 1.29 is 9.53 Å². The topological polar surface area (TPSA) is 55.6 Å². The van der Waals surface area contributed by atoms with E-state index in [1.807, 2.05) is 20.8 Å². The summed E-state index contributed by atoms with van der Waals surface area (Å²) in [4.78, 5) is 13.7. The lowest BCUT2D eigenvalue weighted by atomic mass is 9.95. The Hall–Kier alpha value is -0.840. The maximum absolute atomic E-state index is 11.7. The van der Waals surface area contributed by atoms with E-state index in [1.54, 1.807) is 0 Å². The first kappa shape index (κ1) is 16.2. The molecule has 1 atom stereocenters. The monoisotopic (exact) mass is 286 g/mol. The van der Waals surface area contributed by atoms with Crippen LogP contribution < -0.4 is 5.73 Å². The van der Waals surface area contributed by atoms with Crippen LogP contribution in [0.4, 0.5) is 0 Å². The fourth-order valence-electron chi connectivity index (χ4n) is 2.39. The summed E-state index contributed by atoms with van der Waals surface area (Å²) in [6.45, 7) is 7.55. The number of thiocarbonyl (C=S) groups is 1. The standard InChI is InChI=1S/C14H26N2O2S/c1-14(2,3)18-12(17)7-6-11-5-4-9-16(10-8-11)13(15)19/h11H,4-10H2,1-3H3,(H2,15,19). The smallest absolute Gasteiger partial charge is 0.306 e. The molecule has 0 bridgehead atoms. The minimum Gasteiger partial charge on any atom is -0.460 e. The molecule has 0 spiro atoms. The molecule has 110 valence electrons. The first-order valence-corrected chi connectivity index (χ1v) is 7.45. The van der Waals surface area contributed by atoms with Crippen molar-refractivity contribution in [2.45, 2.75) is 58.5 Å². The lowest BCUT2D eigenvalue weighted by Crippen LogP contribution is -2.36. The molecule has 1 aliphatic rings. The number of likely N-dealkylation sites (tertiary alicyclic amines) is 1. The van der Waals surface area contributed by atoms with Crippen LogP contribution in [0.5, 0.6) is 0 Å². The molecule has 1 heterocycles. The Bertz CT molecular complexity index is 326. The molecule has 2 N–H and O–H groups in total. The minimum atomic E-state index is -0.386. The van der Waals surface area contributed by atoms with Gasteiger partial charge in [-0.3, -0.25) is 4.79 Å². The fourth-order valence-corrected chi connectivity index (χ4v) is 2.57. The number of nitrogens with two attached hydrogens (primary N) is 1. The van der Waals surface area contributed by atoms with Gasteiger partial charge in [-0.05, 0) is 64.6 Å². The number of carbonyl (C=O) groups is 1. The molecule has 1 rings (SSSR count). The molecule has 0 aromatic rings. The molecule has 0 amide bonds. The van der Waals surface area contributed by atoms with Crippen LogP contribution >= 0.6 is 12.2 Å². The zero-order valence-corrected chi connectivity index (χ0v) is 13.1. The van der Waals surface area contributed by atoms with Crippen LogP contribution in [0.15, 0.2) is 0 Å². The van der Waals surface area contributed by atoms with E-state index in [4.69, 9.17) is 22.7 Å². The van der Waals surface area contributed by atoms with E-state index >= 15 is 0 Å². The van der Waals surface area contributed by atoms with E-state index in [0.29, 0.717) is 17.5 Å². The van der Waals surface area contributed by atoms with Gasteiger partial charge in [-0.15, -0.1) is 0 Å². The van der Waals surface area contributed by atoms with Gasteiger partial charge in [-0.25, -0.2) is 0 Å². The van der Waals surface area contributed by atoms with Crippen LogP contribution in [-0.4, -0.2) is 34.7 Å². The molecule has 0 radical (unpaired) electrons. The summed E-state index contributed by atoms with van der Waals surface area (Å²) >= 11 is 5.01. The van der Waals surface area contributed by atoms with Crippen molar-refractivity contribution in [3.8, 4) is 0 Å². The Balaban J connectivity index is 2.30. The highest BCUT2D eigenvalue weighted by Crippen LogP contribution is 2.22. The van der Waals surface area contributed by atoms with Gasteiger partial charge in [0.25, 0.3) is 0 Å². The quantitative estimate of drug-likeness (QED) is 0.638. The van der Waals surface area contributed by atoms with Crippen LogP contribution in [0.2, 0.25) is 0 Å². The van der Waals surface area contributed by atoms with Crippen molar-refractivity contribution in [3.05, 3.63) is 0 Å². The van der Waals surface area contributed by atoms with Crippen LogP contribution in [0.25, 0.3) is 0 Å². The minimum absolute atomic E-state index is 0.0945. The molecule has 0 aromatic carbocycles. The summed E-state index contributed by atoms with van der Waals surface area (Å²) in [6.07, 6.45) is 4.70. The summed E-state index contributed by atoms with van der Waals surface area (Å²) < 4.78 is 5.33. The summed E-state index contributed by atoms with van der Waals surface area (Å²) in [5.74, 6) is 0.481. The molecule has 4 nitrogen and oxygen atoms in total. The Labute approximate surface area is 121 Å². The third-order valence-corrected chi connectivity index (χ3v) is 3.59. The van der Waals surface area contributed by atoms with Crippen molar-refractivity contribution >= 4 is 23.3 Å². The zero-order chi connectivity index (χ0) is 14.5. The maximum Gasteiger partial charge on any atom is 0.306 e. The van der Waals surface area contributed by atoms with Crippen molar-refractivity contribution in [2.24, 2.45) is 11.7 Å².